The highest BCUT2D eigenvalue weighted by Crippen LogP contribution is 2.27. The summed E-state index contributed by atoms with van der Waals surface area (Å²) in [6.07, 6.45) is 1.06. The second kappa shape index (κ2) is 9.52. The molecule has 0 saturated carbocycles. The summed E-state index contributed by atoms with van der Waals surface area (Å²) in [6, 6.07) is 8.88. The number of nitro groups is 1. The molecule has 2 aromatic rings. The third-order valence-electron chi connectivity index (χ3n) is 5.17. The van der Waals surface area contributed by atoms with Crippen molar-refractivity contribution in [3.63, 3.8) is 0 Å². The van der Waals surface area contributed by atoms with Crippen molar-refractivity contribution in [2.45, 2.75) is 25.5 Å². The van der Waals surface area contributed by atoms with Crippen molar-refractivity contribution in [2.24, 2.45) is 5.92 Å². The lowest BCUT2D eigenvalue weighted by Crippen LogP contribution is -2.44. The van der Waals surface area contributed by atoms with Crippen LogP contribution in [0.2, 0.25) is 10.0 Å². The molecule has 8 nitrogen and oxygen atoms in total. The quantitative estimate of drug-likeness (QED) is 0.481. The summed E-state index contributed by atoms with van der Waals surface area (Å²) in [7, 11) is -3.67. The van der Waals surface area contributed by atoms with E-state index >= 15 is 0 Å². The van der Waals surface area contributed by atoms with Crippen molar-refractivity contribution in [3.8, 4) is 0 Å². The fourth-order valence-electron chi connectivity index (χ4n) is 3.43. The topological polar surface area (TPSA) is 110 Å². The van der Waals surface area contributed by atoms with Crippen LogP contribution >= 0.6 is 23.2 Å². The van der Waals surface area contributed by atoms with Gasteiger partial charge in [0.05, 0.1) is 32.3 Å². The van der Waals surface area contributed by atoms with Gasteiger partial charge in [0, 0.05) is 25.2 Å². The van der Waals surface area contributed by atoms with E-state index < -0.39 is 20.9 Å². The summed E-state index contributed by atoms with van der Waals surface area (Å²) in [5.41, 5.74) is 1.40. The van der Waals surface area contributed by atoms with Gasteiger partial charge >= 0.3 is 0 Å². The Morgan fingerprint density at radius 2 is 1.97 bits per heavy atom. The predicted octanol–water partition coefficient (Wildman–Crippen LogP) is 4.39. The van der Waals surface area contributed by atoms with Crippen LogP contribution in [0.3, 0.4) is 0 Å². The first kappa shape index (κ1) is 23.5. The van der Waals surface area contributed by atoms with E-state index in [1.54, 1.807) is 25.1 Å². The molecule has 0 aliphatic carbocycles. The molecule has 1 saturated heterocycles. The molecule has 0 aromatic heterocycles. The lowest BCUT2D eigenvalue weighted by atomic mass is 9.98. The van der Waals surface area contributed by atoms with E-state index in [-0.39, 0.29) is 28.9 Å². The lowest BCUT2D eigenvalue weighted by molar-refractivity contribution is -0.384. The van der Waals surface area contributed by atoms with Crippen LogP contribution < -0.4 is 5.32 Å². The van der Waals surface area contributed by atoms with Crippen LogP contribution in [-0.4, -0.2) is 36.6 Å². The minimum absolute atomic E-state index is 0.0451. The van der Waals surface area contributed by atoms with Gasteiger partial charge in [-0.05, 0) is 43.0 Å². The second-order valence-corrected chi connectivity index (χ2v) is 10.2. The molecule has 1 fully saturated rings. The van der Waals surface area contributed by atoms with Crippen LogP contribution in [0.25, 0.3) is 0 Å². The number of halogens is 2. The van der Waals surface area contributed by atoms with Gasteiger partial charge in [0.2, 0.25) is 15.9 Å². The Bertz CT molecular complexity index is 1120. The van der Waals surface area contributed by atoms with Crippen LogP contribution in [0.1, 0.15) is 24.0 Å². The van der Waals surface area contributed by atoms with Gasteiger partial charge in [-0.1, -0.05) is 35.3 Å². The second-order valence-electron chi connectivity index (χ2n) is 7.45. The Hall–Kier alpha value is -2.20. The van der Waals surface area contributed by atoms with Crippen LogP contribution in [-0.2, 0) is 20.6 Å². The molecule has 1 atom stereocenters. The average molecular weight is 486 g/mol. The van der Waals surface area contributed by atoms with Crippen molar-refractivity contribution in [2.75, 3.05) is 18.4 Å². The Labute approximate surface area is 190 Å². The number of carbonyl (C=O) groups is 1. The van der Waals surface area contributed by atoms with E-state index in [9.17, 15) is 23.3 Å². The number of nitrogens with zero attached hydrogens (tertiary/aromatic N) is 2. The molecule has 1 aliphatic rings. The molecule has 0 spiro atoms. The zero-order valence-corrected chi connectivity index (χ0v) is 19.0. The number of hydrogen-bond acceptors (Lipinski definition) is 5. The minimum atomic E-state index is -3.67. The molecule has 0 bridgehead atoms. The van der Waals surface area contributed by atoms with Gasteiger partial charge in [0.15, 0.2) is 0 Å². The molecule has 0 radical (unpaired) electrons. The van der Waals surface area contributed by atoms with E-state index in [1.807, 2.05) is 0 Å². The number of benzene rings is 2. The summed E-state index contributed by atoms with van der Waals surface area (Å²) in [6.45, 7) is 2.10. The van der Waals surface area contributed by atoms with Crippen LogP contribution in [0.4, 0.5) is 11.4 Å². The minimum Gasteiger partial charge on any atom is -0.325 e. The third kappa shape index (κ3) is 5.74. The molecule has 2 aromatic carbocycles. The molecule has 3 rings (SSSR count). The molecule has 1 amide bonds. The van der Waals surface area contributed by atoms with Crippen molar-refractivity contribution < 1.29 is 18.1 Å². The zero-order valence-electron chi connectivity index (χ0n) is 16.7. The van der Waals surface area contributed by atoms with Crippen molar-refractivity contribution >= 4 is 50.5 Å². The SMILES string of the molecule is Cc1ccc([N+](=O)[O-])cc1NC(=O)[C@H]1CCCN(S(=O)(=O)Cc2ccc(Cl)c(Cl)c2)C1. The number of nitro benzene ring substituents is 1. The summed E-state index contributed by atoms with van der Waals surface area (Å²) in [4.78, 5) is 23.2. The number of rotatable bonds is 6. The molecule has 166 valence electrons. The van der Waals surface area contributed by atoms with E-state index in [1.165, 1.54) is 22.5 Å². The number of nitrogens with one attached hydrogen (secondary N) is 1. The lowest BCUT2D eigenvalue weighted by Gasteiger charge is -2.31. The summed E-state index contributed by atoms with van der Waals surface area (Å²) < 4.78 is 27.1. The first-order chi connectivity index (χ1) is 14.6. The van der Waals surface area contributed by atoms with Gasteiger partial charge in [-0.2, -0.15) is 0 Å². The smallest absolute Gasteiger partial charge is 0.271 e. The highest BCUT2D eigenvalue weighted by Gasteiger charge is 2.32. The van der Waals surface area contributed by atoms with Crippen LogP contribution in [0.15, 0.2) is 36.4 Å². The van der Waals surface area contributed by atoms with Crippen molar-refractivity contribution in [1.29, 1.82) is 0 Å². The maximum absolute atomic E-state index is 12.9. The molecular weight excluding hydrogens is 465 g/mol. The molecular formula is C20H21Cl2N3O5S. The summed E-state index contributed by atoms with van der Waals surface area (Å²) in [5, 5.41) is 14.3. The maximum Gasteiger partial charge on any atom is 0.271 e. The molecule has 0 unspecified atom stereocenters. The molecule has 1 heterocycles. The van der Waals surface area contributed by atoms with Crippen molar-refractivity contribution in [3.05, 3.63) is 67.7 Å². The normalized spacial score (nSPS) is 17.3. The van der Waals surface area contributed by atoms with Gasteiger partial charge in [-0.3, -0.25) is 14.9 Å². The van der Waals surface area contributed by atoms with Gasteiger partial charge < -0.3 is 5.32 Å². The van der Waals surface area contributed by atoms with Crippen LogP contribution in [0, 0.1) is 23.0 Å². The zero-order chi connectivity index (χ0) is 22.8. The molecule has 11 heteroatoms. The Kier molecular flexibility index (Phi) is 7.20. The Balaban J connectivity index is 1.70. The average Bonchev–Trinajstić information content (AvgIpc) is 2.72. The number of amides is 1. The van der Waals surface area contributed by atoms with E-state index in [4.69, 9.17) is 23.2 Å². The number of aryl methyl sites for hydroxylation is 1. The van der Waals surface area contributed by atoms with E-state index in [0.717, 1.165) is 0 Å². The standard InChI is InChI=1S/C20H21Cl2N3O5S/c1-13-4-6-16(25(27)28)10-19(13)23-20(26)15-3-2-8-24(11-15)31(29,30)12-14-5-7-17(21)18(22)9-14/h4-7,9-10,15H,2-3,8,11-12H2,1H3,(H,23,26)/t15-/m0/s1. The number of non-ortho nitro benzene ring substituents is 1. The maximum atomic E-state index is 12.9. The Morgan fingerprint density at radius 1 is 1.23 bits per heavy atom. The van der Waals surface area contributed by atoms with Crippen LogP contribution in [0.5, 0.6) is 0 Å². The van der Waals surface area contributed by atoms with Gasteiger partial charge in [-0.25, -0.2) is 12.7 Å². The van der Waals surface area contributed by atoms with Gasteiger partial charge in [-0.15, -0.1) is 0 Å². The number of carbonyl (C=O) groups excluding carboxylic acids is 1. The monoisotopic (exact) mass is 485 g/mol. The fourth-order valence-corrected chi connectivity index (χ4v) is 5.35. The fraction of sp³-hybridized carbons (Fsp3) is 0.350. The first-order valence-corrected chi connectivity index (χ1v) is 11.9. The number of piperidine rings is 1. The van der Waals surface area contributed by atoms with Crippen molar-refractivity contribution in [1.82, 2.24) is 4.31 Å². The largest absolute Gasteiger partial charge is 0.325 e. The van der Waals surface area contributed by atoms with E-state index in [0.29, 0.717) is 41.2 Å². The number of hydrogen-bond donors (Lipinski definition) is 1. The summed E-state index contributed by atoms with van der Waals surface area (Å²) >= 11 is 11.9. The molecule has 31 heavy (non-hydrogen) atoms. The van der Waals surface area contributed by atoms with E-state index in [2.05, 4.69) is 5.32 Å². The molecule has 1 N–H and O–H groups in total. The Morgan fingerprint density at radius 3 is 2.65 bits per heavy atom. The number of anilines is 1. The predicted molar refractivity (Wildman–Crippen MR) is 120 cm³/mol. The highest BCUT2D eigenvalue weighted by atomic mass is 35.5. The van der Waals surface area contributed by atoms with Gasteiger partial charge in [0.25, 0.3) is 5.69 Å². The summed E-state index contributed by atoms with van der Waals surface area (Å²) in [5.74, 6) is -1.17. The molecule has 1 aliphatic heterocycles. The van der Waals surface area contributed by atoms with Gasteiger partial charge in [0.1, 0.15) is 0 Å². The highest BCUT2D eigenvalue weighted by molar-refractivity contribution is 7.88. The third-order valence-corrected chi connectivity index (χ3v) is 7.73. The first-order valence-electron chi connectivity index (χ1n) is 9.54. The number of sulfonamides is 1.